The SMILES string of the molecule is CCC1CCCCN1C(=O)CCN(c1ccc(C)cc1)S(C)(=O)=O. The first-order chi connectivity index (χ1) is 11.3. The van der Waals surface area contributed by atoms with Crippen molar-refractivity contribution >= 4 is 21.6 Å². The number of likely N-dealkylation sites (tertiary alicyclic amines) is 1. The zero-order valence-corrected chi connectivity index (χ0v) is 15.7. The van der Waals surface area contributed by atoms with Gasteiger partial charge in [-0.3, -0.25) is 9.10 Å². The summed E-state index contributed by atoms with van der Waals surface area (Å²) >= 11 is 0. The van der Waals surface area contributed by atoms with E-state index in [2.05, 4.69) is 6.92 Å². The first kappa shape index (κ1) is 18.8. The van der Waals surface area contributed by atoms with E-state index in [9.17, 15) is 13.2 Å². The maximum atomic E-state index is 12.6. The monoisotopic (exact) mass is 352 g/mol. The normalized spacial score (nSPS) is 18.5. The molecule has 0 aromatic heterocycles. The van der Waals surface area contributed by atoms with Crippen molar-refractivity contribution in [3.05, 3.63) is 29.8 Å². The van der Waals surface area contributed by atoms with Crippen molar-refractivity contribution in [1.82, 2.24) is 4.90 Å². The predicted molar refractivity (Wildman–Crippen MR) is 97.6 cm³/mol. The van der Waals surface area contributed by atoms with E-state index in [1.54, 1.807) is 12.1 Å². The van der Waals surface area contributed by atoms with Crippen LogP contribution in [0.5, 0.6) is 0 Å². The summed E-state index contributed by atoms with van der Waals surface area (Å²) in [5.74, 6) is 0.0577. The van der Waals surface area contributed by atoms with Crippen molar-refractivity contribution < 1.29 is 13.2 Å². The Kier molecular flexibility index (Phi) is 6.27. The Hall–Kier alpha value is -1.56. The van der Waals surface area contributed by atoms with Gasteiger partial charge in [0, 0.05) is 25.6 Å². The topological polar surface area (TPSA) is 57.7 Å². The number of sulfonamides is 1. The van der Waals surface area contributed by atoms with Crippen molar-refractivity contribution in [1.29, 1.82) is 0 Å². The molecule has 1 aliphatic rings. The van der Waals surface area contributed by atoms with Crippen LogP contribution in [0.3, 0.4) is 0 Å². The van der Waals surface area contributed by atoms with Crippen molar-refractivity contribution in [3.8, 4) is 0 Å². The van der Waals surface area contributed by atoms with Crippen molar-refractivity contribution in [3.63, 3.8) is 0 Å². The molecule has 1 saturated heterocycles. The van der Waals surface area contributed by atoms with E-state index in [0.717, 1.165) is 31.4 Å². The second-order valence-corrected chi connectivity index (χ2v) is 8.47. The van der Waals surface area contributed by atoms with Gasteiger partial charge in [-0.05, 0) is 44.7 Å². The predicted octanol–water partition coefficient (Wildman–Crippen LogP) is 2.94. The van der Waals surface area contributed by atoms with Gasteiger partial charge < -0.3 is 4.90 Å². The highest BCUT2D eigenvalue weighted by atomic mass is 32.2. The zero-order chi connectivity index (χ0) is 17.7. The van der Waals surface area contributed by atoms with Crippen molar-refractivity contribution in [2.45, 2.75) is 52.0 Å². The van der Waals surface area contributed by atoms with Crippen LogP contribution in [0.15, 0.2) is 24.3 Å². The van der Waals surface area contributed by atoms with Crippen LogP contribution < -0.4 is 4.31 Å². The molecule has 134 valence electrons. The molecule has 0 bridgehead atoms. The maximum Gasteiger partial charge on any atom is 0.232 e. The lowest BCUT2D eigenvalue weighted by atomic mass is 9.99. The first-order valence-electron chi connectivity index (χ1n) is 8.66. The Morgan fingerprint density at radius 2 is 1.92 bits per heavy atom. The number of rotatable bonds is 6. The Morgan fingerprint density at radius 3 is 2.50 bits per heavy atom. The van der Waals surface area contributed by atoms with E-state index in [4.69, 9.17) is 0 Å². The molecule has 1 amide bonds. The van der Waals surface area contributed by atoms with E-state index in [-0.39, 0.29) is 18.9 Å². The molecule has 0 saturated carbocycles. The molecule has 1 aliphatic heterocycles. The minimum atomic E-state index is -3.41. The van der Waals surface area contributed by atoms with Gasteiger partial charge in [-0.25, -0.2) is 8.42 Å². The number of piperidine rings is 1. The lowest BCUT2D eigenvalue weighted by Gasteiger charge is -2.36. The highest BCUT2D eigenvalue weighted by Gasteiger charge is 2.26. The summed E-state index contributed by atoms with van der Waals surface area (Å²) in [6, 6.07) is 7.64. The Labute approximate surface area is 145 Å². The van der Waals surface area contributed by atoms with Crippen LogP contribution in [0.4, 0.5) is 5.69 Å². The van der Waals surface area contributed by atoms with Crippen molar-refractivity contribution in [2.75, 3.05) is 23.7 Å². The smallest absolute Gasteiger partial charge is 0.232 e. The van der Waals surface area contributed by atoms with Crippen LogP contribution >= 0.6 is 0 Å². The van der Waals surface area contributed by atoms with Gasteiger partial charge in [0.25, 0.3) is 0 Å². The largest absolute Gasteiger partial charge is 0.340 e. The maximum absolute atomic E-state index is 12.6. The van der Waals surface area contributed by atoms with Gasteiger partial charge in [-0.2, -0.15) is 0 Å². The summed E-state index contributed by atoms with van der Waals surface area (Å²) in [4.78, 5) is 14.5. The summed E-state index contributed by atoms with van der Waals surface area (Å²) in [5.41, 5.74) is 1.68. The fourth-order valence-corrected chi connectivity index (χ4v) is 4.22. The number of carbonyl (C=O) groups is 1. The number of hydrogen-bond donors (Lipinski definition) is 0. The van der Waals surface area contributed by atoms with E-state index in [0.29, 0.717) is 11.7 Å². The summed E-state index contributed by atoms with van der Waals surface area (Å²) in [5, 5.41) is 0. The summed E-state index contributed by atoms with van der Waals surface area (Å²) < 4.78 is 25.6. The van der Waals surface area contributed by atoms with Crippen LogP contribution in [0.1, 0.15) is 44.6 Å². The number of aryl methyl sites for hydroxylation is 1. The average molecular weight is 353 g/mol. The molecule has 1 heterocycles. The third-order valence-electron chi connectivity index (χ3n) is 4.67. The van der Waals surface area contributed by atoms with Crippen LogP contribution in [0, 0.1) is 6.92 Å². The van der Waals surface area contributed by atoms with Gasteiger partial charge in [0.2, 0.25) is 15.9 Å². The number of benzene rings is 1. The molecule has 1 fully saturated rings. The number of amides is 1. The van der Waals surface area contributed by atoms with Crippen LogP contribution in [-0.2, 0) is 14.8 Å². The van der Waals surface area contributed by atoms with Crippen LogP contribution in [-0.4, -0.2) is 44.6 Å². The summed E-state index contributed by atoms with van der Waals surface area (Å²) in [6.45, 7) is 5.04. The Bertz CT molecular complexity index is 655. The second kappa shape index (κ2) is 8.01. The summed E-state index contributed by atoms with van der Waals surface area (Å²) in [7, 11) is -3.41. The molecule has 6 heteroatoms. The molecule has 0 N–H and O–H groups in total. The minimum absolute atomic E-state index is 0.0577. The lowest BCUT2D eigenvalue weighted by molar-refractivity contribution is -0.134. The molecule has 1 aromatic rings. The van der Waals surface area contributed by atoms with E-state index in [1.807, 2.05) is 24.0 Å². The fraction of sp³-hybridized carbons (Fsp3) is 0.611. The van der Waals surface area contributed by atoms with E-state index < -0.39 is 10.0 Å². The van der Waals surface area contributed by atoms with E-state index in [1.165, 1.54) is 17.0 Å². The molecule has 1 atom stereocenters. The third-order valence-corrected chi connectivity index (χ3v) is 5.86. The van der Waals surface area contributed by atoms with Gasteiger partial charge >= 0.3 is 0 Å². The summed E-state index contributed by atoms with van der Waals surface area (Å²) in [6.07, 6.45) is 5.62. The molecular formula is C18H28N2O3S. The molecule has 1 aromatic carbocycles. The molecular weight excluding hydrogens is 324 g/mol. The molecule has 0 radical (unpaired) electrons. The minimum Gasteiger partial charge on any atom is -0.340 e. The number of hydrogen-bond acceptors (Lipinski definition) is 3. The highest BCUT2D eigenvalue weighted by Crippen LogP contribution is 2.22. The second-order valence-electron chi connectivity index (χ2n) is 6.57. The molecule has 24 heavy (non-hydrogen) atoms. The Morgan fingerprint density at radius 1 is 1.25 bits per heavy atom. The van der Waals surface area contributed by atoms with Gasteiger partial charge in [0.15, 0.2) is 0 Å². The number of anilines is 1. The first-order valence-corrected chi connectivity index (χ1v) is 10.5. The van der Waals surface area contributed by atoms with Crippen LogP contribution in [0.2, 0.25) is 0 Å². The Balaban J connectivity index is 2.07. The van der Waals surface area contributed by atoms with Gasteiger partial charge in [0.1, 0.15) is 0 Å². The van der Waals surface area contributed by atoms with E-state index >= 15 is 0 Å². The quantitative estimate of drug-likeness (QED) is 0.791. The zero-order valence-electron chi connectivity index (χ0n) is 14.9. The molecule has 0 spiro atoms. The molecule has 0 aliphatic carbocycles. The fourth-order valence-electron chi connectivity index (χ4n) is 3.29. The highest BCUT2D eigenvalue weighted by molar-refractivity contribution is 7.92. The number of nitrogens with zero attached hydrogens (tertiary/aromatic N) is 2. The number of carbonyl (C=O) groups excluding carboxylic acids is 1. The average Bonchev–Trinajstić information content (AvgIpc) is 2.55. The van der Waals surface area contributed by atoms with Gasteiger partial charge in [0.05, 0.1) is 11.9 Å². The van der Waals surface area contributed by atoms with Gasteiger partial charge in [-0.1, -0.05) is 24.6 Å². The third kappa shape index (κ3) is 4.72. The lowest BCUT2D eigenvalue weighted by Crippen LogP contribution is -2.44. The van der Waals surface area contributed by atoms with Gasteiger partial charge in [-0.15, -0.1) is 0 Å². The standard InChI is InChI=1S/C18H28N2O3S/c1-4-16-7-5-6-13-19(16)18(21)12-14-20(24(3,22)23)17-10-8-15(2)9-11-17/h8-11,16H,4-7,12-14H2,1-3H3. The van der Waals surface area contributed by atoms with Crippen LogP contribution in [0.25, 0.3) is 0 Å². The molecule has 1 unspecified atom stereocenters. The molecule has 2 rings (SSSR count). The van der Waals surface area contributed by atoms with Crippen molar-refractivity contribution in [2.24, 2.45) is 0 Å². The molecule has 5 nitrogen and oxygen atoms in total.